The van der Waals surface area contributed by atoms with E-state index in [0.29, 0.717) is 23.1 Å². The molecule has 3 aromatic carbocycles. The number of piperidine rings is 1. The predicted molar refractivity (Wildman–Crippen MR) is 143 cm³/mol. The van der Waals surface area contributed by atoms with Gasteiger partial charge in [-0.1, -0.05) is 18.2 Å². The standard InChI is InChI=1S/C30H26FN5O2/c31-22-8-6-20(7-9-22)27-28(36-29(35-27)21-14-17-32-18-15-21)26-16-19-33-30(34-26)38-25-12-10-24(11-13-25)37-23-4-2-1-3-5-23/h1-13,16,19,21,32H,14-15,17-18H2,(H,35,36). The SMILES string of the molecule is Fc1ccc(-c2nc(C3CCNCC3)[nH]c2-c2ccnc(Oc3ccc(Oc4ccccc4)cc3)n2)cc1. The number of rotatable bonds is 7. The Morgan fingerprint density at radius 1 is 0.737 bits per heavy atom. The molecule has 1 aliphatic rings. The van der Waals surface area contributed by atoms with E-state index >= 15 is 0 Å². The van der Waals surface area contributed by atoms with E-state index in [1.807, 2.05) is 60.7 Å². The maximum atomic E-state index is 13.6. The van der Waals surface area contributed by atoms with Crippen LogP contribution in [0.2, 0.25) is 0 Å². The van der Waals surface area contributed by atoms with Gasteiger partial charge in [0.15, 0.2) is 0 Å². The number of nitrogens with zero attached hydrogens (tertiary/aromatic N) is 3. The number of imidazole rings is 1. The maximum absolute atomic E-state index is 13.6. The molecule has 3 heterocycles. The molecule has 1 fully saturated rings. The van der Waals surface area contributed by atoms with Crippen molar-refractivity contribution in [3.63, 3.8) is 0 Å². The number of aromatic amines is 1. The van der Waals surface area contributed by atoms with Gasteiger partial charge in [-0.15, -0.1) is 0 Å². The van der Waals surface area contributed by atoms with E-state index in [1.54, 1.807) is 18.3 Å². The van der Waals surface area contributed by atoms with E-state index in [4.69, 9.17) is 14.5 Å². The minimum Gasteiger partial charge on any atom is -0.457 e. The first-order valence-electron chi connectivity index (χ1n) is 12.6. The Balaban J connectivity index is 1.27. The minimum absolute atomic E-state index is 0.210. The Morgan fingerprint density at radius 2 is 1.42 bits per heavy atom. The van der Waals surface area contributed by atoms with Gasteiger partial charge >= 0.3 is 6.01 Å². The van der Waals surface area contributed by atoms with Crippen LogP contribution in [0.1, 0.15) is 24.6 Å². The number of halogens is 1. The van der Waals surface area contributed by atoms with E-state index in [1.165, 1.54) is 12.1 Å². The van der Waals surface area contributed by atoms with Gasteiger partial charge in [-0.2, -0.15) is 4.98 Å². The van der Waals surface area contributed by atoms with Gasteiger partial charge in [0.05, 0.1) is 17.1 Å². The third-order valence-electron chi connectivity index (χ3n) is 6.47. The lowest BCUT2D eigenvalue weighted by Gasteiger charge is -2.20. The minimum atomic E-state index is -0.290. The number of para-hydroxylation sites is 1. The van der Waals surface area contributed by atoms with E-state index in [2.05, 4.69) is 20.3 Å². The van der Waals surface area contributed by atoms with Crippen molar-refractivity contribution in [1.29, 1.82) is 0 Å². The normalized spacial score (nSPS) is 13.8. The summed E-state index contributed by atoms with van der Waals surface area (Å²) in [7, 11) is 0. The van der Waals surface area contributed by atoms with Crippen LogP contribution < -0.4 is 14.8 Å². The highest BCUT2D eigenvalue weighted by Gasteiger charge is 2.23. The second kappa shape index (κ2) is 10.8. The molecule has 8 heteroatoms. The van der Waals surface area contributed by atoms with Gasteiger partial charge in [0.1, 0.15) is 28.9 Å². The molecular formula is C30H26FN5O2. The van der Waals surface area contributed by atoms with E-state index in [9.17, 15) is 4.39 Å². The maximum Gasteiger partial charge on any atom is 0.322 e. The van der Waals surface area contributed by atoms with Crippen LogP contribution in [-0.2, 0) is 0 Å². The van der Waals surface area contributed by atoms with E-state index < -0.39 is 0 Å². The third-order valence-corrected chi connectivity index (χ3v) is 6.47. The first-order valence-corrected chi connectivity index (χ1v) is 12.6. The van der Waals surface area contributed by atoms with Gasteiger partial charge in [0.25, 0.3) is 0 Å². The smallest absolute Gasteiger partial charge is 0.322 e. The second-order valence-electron chi connectivity index (χ2n) is 9.09. The van der Waals surface area contributed by atoms with Gasteiger partial charge < -0.3 is 19.8 Å². The molecule has 0 radical (unpaired) electrons. The fraction of sp³-hybridized carbons (Fsp3) is 0.167. The van der Waals surface area contributed by atoms with Crippen LogP contribution in [0.5, 0.6) is 23.3 Å². The van der Waals surface area contributed by atoms with Gasteiger partial charge in [0.2, 0.25) is 0 Å². The van der Waals surface area contributed by atoms with Crippen molar-refractivity contribution in [3.05, 3.63) is 103 Å². The number of H-pyrrole nitrogens is 1. The molecule has 0 unspecified atom stereocenters. The molecule has 6 rings (SSSR count). The number of hydrogen-bond acceptors (Lipinski definition) is 6. The highest BCUT2D eigenvalue weighted by Crippen LogP contribution is 2.34. The van der Waals surface area contributed by atoms with Crippen LogP contribution in [0.3, 0.4) is 0 Å². The molecule has 0 amide bonds. The van der Waals surface area contributed by atoms with Crippen LogP contribution in [0, 0.1) is 5.82 Å². The molecule has 0 aliphatic carbocycles. The lowest BCUT2D eigenvalue weighted by atomic mass is 9.98. The van der Waals surface area contributed by atoms with Crippen LogP contribution in [0.15, 0.2) is 91.1 Å². The third kappa shape index (κ3) is 5.40. The summed E-state index contributed by atoms with van der Waals surface area (Å²) in [5.41, 5.74) is 2.94. The zero-order chi connectivity index (χ0) is 25.7. The van der Waals surface area contributed by atoms with Crippen molar-refractivity contribution >= 4 is 0 Å². The second-order valence-corrected chi connectivity index (χ2v) is 9.09. The van der Waals surface area contributed by atoms with Crippen molar-refractivity contribution < 1.29 is 13.9 Å². The highest BCUT2D eigenvalue weighted by molar-refractivity contribution is 5.76. The largest absolute Gasteiger partial charge is 0.457 e. The number of ether oxygens (including phenoxy) is 2. The molecule has 5 aromatic rings. The highest BCUT2D eigenvalue weighted by atomic mass is 19.1. The van der Waals surface area contributed by atoms with Crippen molar-refractivity contribution in [2.45, 2.75) is 18.8 Å². The number of benzene rings is 3. The molecule has 190 valence electrons. The molecule has 0 bridgehead atoms. The molecule has 38 heavy (non-hydrogen) atoms. The summed E-state index contributed by atoms with van der Waals surface area (Å²) in [6.07, 6.45) is 3.65. The van der Waals surface area contributed by atoms with Crippen molar-refractivity contribution in [2.24, 2.45) is 0 Å². The summed E-state index contributed by atoms with van der Waals surface area (Å²) >= 11 is 0. The molecule has 1 aliphatic heterocycles. The van der Waals surface area contributed by atoms with Gasteiger partial charge in [0, 0.05) is 17.7 Å². The van der Waals surface area contributed by atoms with Crippen molar-refractivity contribution in [2.75, 3.05) is 13.1 Å². The van der Waals surface area contributed by atoms with Gasteiger partial charge in [-0.3, -0.25) is 0 Å². The fourth-order valence-electron chi connectivity index (χ4n) is 4.52. The number of hydrogen-bond donors (Lipinski definition) is 2. The summed E-state index contributed by atoms with van der Waals surface area (Å²) in [6, 6.07) is 25.3. The summed E-state index contributed by atoms with van der Waals surface area (Å²) < 4.78 is 25.4. The summed E-state index contributed by atoms with van der Waals surface area (Å²) in [5, 5.41) is 3.39. The van der Waals surface area contributed by atoms with Crippen LogP contribution >= 0.6 is 0 Å². The molecule has 1 saturated heterocycles. The summed E-state index contributed by atoms with van der Waals surface area (Å²) in [5.74, 6) is 2.99. The van der Waals surface area contributed by atoms with Gasteiger partial charge in [-0.25, -0.2) is 14.4 Å². The molecule has 0 atom stereocenters. The molecule has 0 spiro atoms. The van der Waals surface area contributed by atoms with Crippen LogP contribution in [0.4, 0.5) is 4.39 Å². The molecule has 7 nitrogen and oxygen atoms in total. The summed E-state index contributed by atoms with van der Waals surface area (Å²) in [4.78, 5) is 17.4. The van der Waals surface area contributed by atoms with Gasteiger partial charge in [-0.05, 0) is 92.7 Å². The number of aromatic nitrogens is 4. The van der Waals surface area contributed by atoms with Crippen molar-refractivity contribution in [1.82, 2.24) is 25.3 Å². The zero-order valence-electron chi connectivity index (χ0n) is 20.6. The quantitative estimate of drug-likeness (QED) is 0.254. The fourth-order valence-corrected chi connectivity index (χ4v) is 4.52. The Morgan fingerprint density at radius 3 is 2.16 bits per heavy atom. The van der Waals surface area contributed by atoms with Crippen LogP contribution in [-0.4, -0.2) is 33.0 Å². The summed E-state index contributed by atoms with van der Waals surface area (Å²) in [6.45, 7) is 1.90. The Bertz CT molecular complexity index is 1500. The molecular weight excluding hydrogens is 481 g/mol. The van der Waals surface area contributed by atoms with Crippen LogP contribution in [0.25, 0.3) is 22.6 Å². The van der Waals surface area contributed by atoms with Crippen molar-refractivity contribution in [3.8, 4) is 45.9 Å². The monoisotopic (exact) mass is 507 g/mol. The Hall–Kier alpha value is -4.56. The predicted octanol–water partition coefficient (Wildman–Crippen LogP) is 6.72. The number of nitrogens with one attached hydrogen (secondary N) is 2. The van der Waals surface area contributed by atoms with E-state index in [0.717, 1.165) is 54.5 Å². The molecule has 0 saturated carbocycles. The lowest BCUT2D eigenvalue weighted by molar-refractivity contribution is 0.439. The molecule has 2 aromatic heterocycles. The molecule has 2 N–H and O–H groups in total. The topological polar surface area (TPSA) is 85.0 Å². The lowest BCUT2D eigenvalue weighted by Crippen LogP contribution is -2.27. The Kier molecular flexibility index (Phi) is 6.78. The first-order chi connectivity index (χ1) is 18.7. The van der Waals surface area contributed by atoms with E-state index in [-0.39, 0.29) is 11.8 Å². The Labute approximate surface area is 219 Å². The average molecular weight is 508 g/mol. The zero-order valence-corrected chi connectivity index (χ0v) is 20.6. The first kappa shape index (κ1) is 23.8. The average Bonchev–Trinajstić information content (AvgIpc) is 3.42.